The molecular weight excluding hydrogens is 222 g/mol. The van der Waals surface area contributed by atoms with Gasteiger partial charge in [0.2, 0.25) is 5.91 Å². The zero-order chi connectivity index (χ0) is 12.4. The zero-order valence-electron chi connectivity index (χ0n) is 9.17. The Morgan fingerprint density at radius 3 is 2.82 bits per heavy atom. The van der Waals surface area contributed by atoms with E-state index < -0.39 is 11.9 Å². The highest BCUT2D eigenvalue weighted by molar-refractivity contribution is 5.99. The lowest BCUT2D eigenvalue weighted by Crippen LogP contribution is -2.25. The van der Waals surface area contributed by atoms with Crippen molar-refractivity contribution in [1.82, 2.24) is 0 Å². The van der Waals surface area contributed by atoms with Crippen LogP contribution in [0.2, 0.25) is 0 Å². The Labute approximate surface area is 98.3 Å². The Bertz CT molecular complexity index is 458. The van der Waals surface area contributed by atoms with E-state index in [1.807, 2.05) is 0 Å². The molecule has 1 aromatic carbocycles. The molecular formula is C12H13NO4. The number of hydrogen-bond donors (Lipinski definition) is 2. The van der Waals surface area contributed by atoms with E-state index in [1.54, 1.807) is 24.3 Å². The summed E-state index contributed by atoms with van der Waals surface area (Å²) >= 11 is 0. The summed E-state index contributed by atoms with van der Waals surface area (Å²) in [7, 11) is 0. The molecule has 0 saturated carbocycles. The second kappa shape index (κ2) is 4.55. The van der Waals surface area contributed by atoms with E-state index in [2.05, 4.69) is 0 Å². The number of carbonyl (C=O) groups is 2. The van der Waals surface area contributed by atoms with Crippen molar-refractivity contribution in [1.29, 1.82) is 0 Å². The van der Waals surface area contributed by atoms with Gasteiger partial charge < -0.3 is 15.1 Å². The van der Waals surface area contributed by atoms with Crippen LogP contribution in [0.5, 0.6) is 0 Å². The Morgan fingerprint density at radius 2 is 2.24 bits per heavy atom. The number of amides is 1. The standard InChI is InChI=1S/C12H13NO4/c14-7-8-2-1-3-10(4-8)13-6-9(12(16)17)5-11(13)15/h1-4,9,14H,5-7H2,(H,16,17)/t9-/m1/s1. The van der Waals surface area contributed by atoms with Gasteiger partial charge in [0.15, 0.2) is 0 Å². The molecule has 0 spiro atoms. The minimum Gasteiger partial charge on any atom is -0.481 e. The molecule has 2 N–H and O–H groups in total. The summed E-state index contributed by atoms with van der Waals surface area (Å²) in [5, 5.41) is 17.9. The first-order valence-corrected chi connectivity index (χ1v) is 5.35. The largest absolute Gasteiger partial charge is 0.481 e. The zero-order valence-corrected chi connectivity index (χ0v) is 9.17. The highest BCUT2D eigenvalue weighted by atomic mass is 16.4. The molecule has 90 valence electrons. The maximum Gasteiger partial charge on any atom is 0.308 e. The lowest BCUT2D eigenvalue weighted by molar-refractivity contribution is -0.141. The Morgan fingerprint density at radius 1 is 1.47 bits per heavy atom. The van der Waals surface area contributed by atoms with E-state index in [0.29, 0.717) is 11.3 Å². The van der Waals surface area contributed by atoms with Crippen LogP contribution in [0.3, 0.4) is 0 Å². The van der Waals surface area contributed by atoms with Gasteiger partial charge in [-0.3, -0.25) is 9.59 Å². The molecule has 0 aliphatic carbocycles. The number of hydrogen-bond acceptors (Lipinski definition) is 3. The number of aliphatic hydroxyl groups excluding tert-OH is 1. The number of rotatable bonds is 3. The van der Waals surface area contributed by atoms with Crippen molar-refractivity contribution in [3.05, 3.63) is 29.8 Å². The van der Waals surface area contributed by atoms with Crippen LogP contribution in [0, 0.1) is 5.92 Å². The van der Waals surface area contributed by atoms with Crippen LogP contribution in [0.15, 0.2) is 24.3 Å². The fourth-order valence-electron chi connectivity index (χ4n) is 1.95. The molecule has 1 atom stereocenters. The van der Waals surface area contributed by atoms with Crippen molar-refractivity contribution in [2.75, 3.05) is 11.4 Å². The Kier molecular flexibility index (Phi) is 3.10. The topological polar surface area (TPSA) is 77.8 Å². The van der Waals surface area contributed by atoms with Crippen molar-refractivity contribution in [3.63, 3.8) is 0 Å². The van der Waals surface area contributed by atoms with Crippen LogP contribution in [-0.4, -0.2) is 28.6 Å². The number of nitrogens with zero attached hydrogens (tertiary/aromatic N) is 1. The molecule has 1 aliphatic rings. The lowest BCUT2D eigenvalue weighted by atomic mass is 10.1. The van der Waals surface area contributed by atoms with Gasteiger partial charge in [-0.1, -0.05) is 12.1 Å². The monoisotopic (exact) mass is 235 g/mol. The molecule has 0 bridgehead atoms. The number of carboxylic acids is 1. The van der Waals surface area contributed by atoms with Crippen LogP contribution in [0.4, 0.5) is 5.69 Å². The summed E-state index contributed by atoms with van der Waals surface area (Å²) in [5.74, 6) is -1.77. The smallest absolute Gasteiger partial charge is 0.308 e. The average Bonchev–Trinajstić information content (AvgIpc) is 2.72. The van der Waals surface area contributed by atoms with Gasteiger partial charge in [-0.05, 0) is 17.7 Å². The molecule has 1 fully saturated rings. The number of carboxylic acid groups (broad SMARTS) is 1. The summed E-state index contributed by atoms with van der Waals surface area (Å²) in [6.07, 6.45) is 0.0404. The molecule has 17 heavy (non-hydrogen) atoms. The summed E-state index contributed by atoms with van der Waals surface area (Å²) in [6, 6.07) is 6.92. The normalized spacial score (nSPS) is 19.7. The van der Waals surface area contributed by atoms with E-state index in [1.165, 1.54) is 4.90 Å². The van der Waals surface area contributed by atoms with Crippen molar-refractivity contribution < 1.29 is 19.8 Å². The van der Waals surface area contributed by atoms with Gasteiger partial charge in [0, 0.05) is 18.7 Å². The Balaban J connectivity index is 2.22. The van der Waals surface area contributed by atoms with Gasteiger partial charge in [0.25, 0.3) is 0 Å². The summed E-state index contributed by atoms with van der Waals surface area (Å²) in [5.41, 5.74) is 1.35. The van der Waals surface area contributed by atoms with Gasteiger partial charge >= 0.3 is 5.97 Å². The average molecular weight is 235 g/mol. The van der Waals surface area contributed by atoms with Gasteiger partial charge in [0.1, 0.15) is 0 Å². The van der Waals surface area contributed by atoms with Crippen LogP contribution >= 0.6 is 0 Å². The third kappa shape index (κ3) is 2.29. The van der Waals surface area contributed by atoms with E-state index in [-0.39, 0.29) is 25.5 Å². The van der Waals surface area contributed by atoms with E-state index >= 15 is 0 Å². The molecule has 1 saturated heterocycles. The molecule has 0 radical (unpaired) electrons. The van der Waals surface area contributed by atoms with Gasteiger partial charge in [-0.2, -0.15) is 0 Å². The molecule has 1 heterocycles. The molecule has 5 nitrogen and oxygen atoms in total. The maximum absolute atomic E-state index is 11.7. The third-order valence-corrected chi connectivity index (χ3v) is 2.88. The van der Waals surface area contributed by atoms with Crippen molar-refractivity contribution in [3.8, 4) is 0 Å². The second-order valence-corrected chi connectivity index (χ2v) is 4.07. The van der Waals surface area contributed by atoms with Crippen LogP contribution in [0.25, 0.3) is 0 Å². The number of aliphatic hydroxyl groups is 1. The highest BCUT2D eigenvalue weighted by Crippen LogP contribution is 2.25. The van der Waals surface area contributed by atoms with Crippen LogP contribution in [0.1, 0.15) is 12.0 Å². The predicted octanol–water partition coefficient (Wildman–Crippen LogP) is 0.616. The van der Waals surface area contributed by atoms with Crippen LogP contribution < -0.4 is 4.90 Å². The molecule has 5 heteroatoms. The molecule has 1 aliphatic heterocycles. The molecule has 1 amide bonds. The van der Waals surface area contributed by atoms with Gasteiger partial charge in [0.05, 0.1) is 12.5 Å². The van der Waals surface area contributed by atoms with Crippen molar-refractivity contribution >= 4 is 17.6 Å². The number of aliphatic carboxylic acids is 1. The number of benzene rings is 1. The fourth-order valence-corrected chi connectivity index (χ4v) is 1.95. The van der Waals surface area contributed by atoms with E-state index in [0.717, 1.165) is 0 Å². The number of anilines is 1. The molecule has 1 aromatic rings. The van der Waals surface area contributed by atoms with Crippen LogP contribution in [-0.2, 0) is 16.2 Å². The first kappa shape index (κ1) is 11.6. The minimum absolute atomic E-state index is 0.0404. The first-order valence-electron chi connectivity index (χ1n) is 5.35. The van der Waals surface area contributed by atoms with Gasteiger partial charge in [-0.15, -0.1) is 0 Å². The minimum atomic E-state index is -0.945. The fraction of sp³-hybridized carbons (Fsp3) is 0.333. The van der Waals surface area contributed by atoms with E-state index in [9.17, 15) is 9.59 Å². The van der Waals surface area contributed by atoms with Crippen molar-refractivity contribution in [2.45, 2.75) is 13.0 Å². The SMILES string of the molecule is O=C(O)[C@@H]1CC(=O)N(c2cccc(CO)c2)C1. The quantitative estimate of drug-likeness (QED) is 0.805. The molecule has 0 unspecified atom stereocenters. The van der Waals surface area contributed by atoms with Gasteiger partial charge in [-0.25, -0.2) is 0 Å². The third-order valence-electron chi connectivity index (χ3n) is 2.88. The number of carbonyl (C=O) groups excluding carboxylic acids is 1. The Hall–Kier alpha value is -1.88. The maximum atomic E-state index is 11.7. The lowest BCUT2D eigenvalue weighted by Gasteiger charge is -2.16. The van der Waals surface area contributed by atoms with Crippen molar-refractivity contribution in [2.24, 2.45) is 5.92 Å². The summed E-state index contributed by atoms with van der Waals surface area (Å²) in [6.45, 7) is 0.0985. The molecule has 2 rings (SSSR count). The first-order chi connectivity index (χ1) is 8.11. The molecule has 0 aromatic heterocycles. The van der Waals surface area contributed by atoms with E-state index in [4.69, 9.17) is 10.2 Å². The summed E-state index contributed by atoms with van der Waals surface area (Å²) in [4.78, 5) is 24.0. The second-order valence-electron chi connectivity index (χ2n) is 4.07. The highest BCUT2D eigenvalue weighted by Gasteiger charge is 2.34. The predicted molar refractivity (Wildman–Crippen MR) is 60.5 cm³/mol. The summed E-state index contributed by atoms with van der Waals surface area (Å²) < 4.78 is 0.